The summed E-state index contributed by atoms with van der Waals surface area (Å²) in [6.07, 6.45) is 6.25. The lowest BCUT2D eigenvalue weighted by molar-refractivity contribution is -0.228. The van der Waals surface area contributed by atoms with Gasteiger partial charge in [-0.25, -0.2) is 0 Å². The van der Waals surface area contributed by atoms with Gasteiger partial charge in [-0.2, -0.15) is 0 Å². The summed E-state index contributed by atoms with van der Waals surface area (Å²) < 4.78 is 5.84. The summed E-state index contributed by atoms with van der Waals surface area (Å²) in [7, 11) is 0. The van der Waals surface area contributed by atoms with E-state index in [1.54, 1.807) is 0 Å². The number of carbonyl (C=O) groups excluding carboxylic acids is 1. The Bertz CT molecular complexity index is 1080. The SMILES string of the molecule is C=C(C)C1CC[C@]2(C(=O)O)CC[C@]3(C)C(CCC4[C@@]5(C)C(C(=O)O)C(OC(C)=O)C(C)(C)C5CC[C@]43C)C12. The van der Waals surface area contributed by atoms with Crippen LogP contribution < -0.4 is 0 Å². The molecule has 0 radical (unpaired) electrons. The van der Waals surface area contributed by atoms with Crippen LogP contribution in [-0.4, -0.2) is 34.2 Å². The molecule has 0 aromatic heterocycles. The molecule has 0 spiro atoms. The molecule has 0 heterocycles. The Morgan fingerprint density at radius 2 is 1.47 bits per heavy atom. The van der Waals surface area contributed by atoms with Gasteiger partial charge in [0.2, 0.25) is 0 Å². The molecule has 5 saturated carbocycles. The van der Waals surface area contributed by atoms with Crippen LogP contribution in [0.15, 0.2) is 12.2 Å². The van der Waals surface area contributed by atoms with Gasteiger partial charge in [0, 0.05) is 12.3 Å². The number of carboxylic acid groups (broad SMARTS) is 2. The Kier molecular flexibility index (Phi) is 6.07. The van der Waals surface area contributed by atoms with E-state index in [1.807, 2.05) is 0 Å². The normalized spacial score (nSPS) is 50.7. The van der Waals surface area contributed by atoms with Crippen LogP contribution >= 0.6 is 0 Å². The van der Waals surface area contributed by atoms with Crippen molar-refractivity contribution < 1.29 is 29.3 Å². The van der Waals surface area contributed by atoms with Gasteiger partial charge in [0.25, 0.3) is 0 Å². The van der Waals surface area contributed by atoms with E-state index in [0.29, 0.717) is 6.42 Å². The molecule has 0 amide bonds. The number of aliphatic carboxylic acids is 2. The zero-order valence-electron chi connectivity index (χ0n) is 24.4. The van der Waals surface area contributed by atoms with Crippen molar-refractivity contribution in [2.24, 2.45) is 62.6 Å². The third kappa shape index (κ3) is 3.15. The van der Waals surface area contributed by atoms with Crippen LogP contribution in [0.3, 0.4) is 0 Å². The van der Waals surface area contributed by atoms with Crippen LogP contribution in [0, 0.1) is 62.6 Å². The van der Waals surface area contributed by atoms with E-state index in [1.165, 1.54) is 6.92 Å². The predicted molar refractivity (Wildman–Crippen MR) is 144 cm³/mol. The number of ether oxygens (including phenoxy) is 1. The van der Waals surface area contributed by atoms with Gasteiger partial charge in [0.05, 0.1) is 5.41 Å². The van der Waals surface area contributed by atoms with Crippen molar-refractivity contribution in [3.05, 3.63) is 12.2 Å². The lowest BCUT2D eigenvalue weighted by atomic mass is 9.34. The average molecular weight is 529 g/mol. The zero-order chi connectivity index (χ0) is 28.2. The van der Waals surface area contributed by atoms with Crippen molar-refractivity contribution in [3.8, 4) is 0 Å². The Labute approximate surface area is 228 Å². The molecule has 5 aliphatic carbocycles. The Morgan fingerprint density at radius 1 is 0.816 bits per heavy atom. The van der Waals surface area contributed by atoms with Crippen LogP contribution in [0.1, 0.15) is 99.8 Å². The first-order valence-electron chi connectivity index (χ1n) is 14.8. The first kappa shape index (κ1) is 27.7. The lowest BCUT2D eigenvalue weighted by Crippen LogP contribution is -2.65. The van der Waals surface area contributed by atoms with E-state index in [-0.39, 0.29) is 40.4 Å². The maximum atomic E-state index is 13.0. The second-order valence-electron chi connectivity index (χ2n) is 15.2. The van der Waals surface area contributed by atoms with Crippen LogP contribution in [0.5, 0.6) is 0 Å². The molecule has 38 heavy (non-hydrogen) atoms. The standard InChI is InChI=1S/C32H48O6/c1-17(2)19-11-14-32(27(36)37)16-15-29(6)20(23(19)32)9-10-22-30(29,7)13-12-21-28(4,5)25(38-18(3)33)24(26(34)35)31(21,22)8/h19-25H,1,9-16H2,2-8H3,(H,34,35)(H,36,37)/t19?,20?,21?,22?,23?,24?,25?,29-,30-,31+,32+/m1/s1. The van der Waals surface area contributed by atoms with Gasteiger partial charge in [0.1, 0.15) is 12.0 Å². The highest BCUT2D eigenvalue weighted by molar-refractivity contribution is 5.76. The summed E-state index contributed by atoms with van der Waals surface area (Å²) in [4.78, 5) is 38.0. The molecule has 0 bridgehead atoms. The van der Waals surface area contributed by atoms with Gasteiger partial charge in [-0.05, 0) is 104 Å². The first-order valence-corrected chi connectivity index (χ1v) is 14.8. The molecule has 11 atom stereocenters. The number of hydrogen-bond acceptors (Lipinski definition) is 4. The number of carbonyl (C=O) groups is 3. The van der Waals surface area contributed by atoms with Crippen LogP contribution in [0.25, 0.3) is 0 Å². The minimum atomic E-state index is -0.863. The maximum absolute atomic E-state index is 13.0. The quantitative estimate of drug-likeness (QED) is 0.316. The van der Waals surface area contributed by atoms with Gasteiger partial charge in [-0.1, -0.05) is 46.8 Å². The van der Waals surface area contributed by atoms with E-state index < -0.39 is 46.2 Å². The molecule has 5 rings (SSSR count). The fraction of sp³-hybridized carbons (Fsp3) is 0.844. The molecular weight excluding hydrogens is 480 g/mol. The monoisotopic (exact) mass is 528 g/mol. The summed E-state index contributed by atoms with van der Waals surface area (Å²) in [5.41, 5.74) is -0.720. The topological polar surface area (TPSA) is 101 Å². The minimum absolute atomic E-state index is 0.0851. The van der Waals surface area contributed by atoms with Gasteiger partial charge in [0.15, 0.2) is 0 Å². The van der Waals surface area contributed by atoms with Gasteiger partial charge in [-0.3, -0.25) is 14.4 Å². The van der Waals surface area contributed by atoms with Crippen LogP contribution in [-0.2, 0) is 19.1 Å². The molecule has 5 aliphatic rings. The highest BCUT2D eigenvalue weighted by Crippen LogP contribution is 2.79. The second kappa shape index (κ2) is 8.33. The van der Waals surface area contributed by atoms with Crippen molar-refractivity contribution in [1.82, 2.24) is 0 Å². The molecule has 0 saturated heterocycles. The summed E-state index contributed by atoms with van der Waals surface area (Å²) in [6.45, 7) is 18.9. The number of allylic oxidation sites excluding steroid dienone is 1. The molecule has 6 nitrogen and oxygen atoms in total. The average Bonchev–Trinajstić information content (AvgIpc) is 3.27. The Hall–Kier alpha value is -1.85. The zero-order valence-corrected chi connectivity index (χ0v) is 24.4. The molecule has 2 N–H and O–H groups in total. The number of hydrogen-bond donors (Lipinski definition) is 2. The summed E-state index contributed by atoms with van der Waals surface area (Å²) in [6, 6.07) is 0. The fourth-order valence-electron chi connectivity index (χ4n) is 12.2. The first-order chi connectivity index (χ1) is 17.5. The van der Waals surface area contributed by atoms with E-state index in [0.717, 1.165) is 50.5 Å². The molecule has 6 heteroatoms. The van der Waals surface area contributed by atoms with E-state index >= 15 is 0 Å². The second-order valence-corrected chi connectivity index (χ2v) is 15.2. The fourth-order valence-corrected chi connectivity index (χ4v) is 12.2. The lowest BCUT2D eigenvalue weighted by Gasteiger charge is -2.70. The Balaban J connectivity index is 1.61. The number of fused-ring (bicyclic) bond motifs is 7. The van der Waals surface area contributed by atoms with E-state index in [4.69, 9.17) is 4.74 Å². The highest BCUT2D eigenvalue weighted by Gasteiger charge is 2.76. The third-order valence-electron chi connectivity index (χ3n) is 13.8. The molecule has 7 unspecified atom stereocenters. The molecule has 0 aliphatic heterocycles. The van der Waals surface area contributed by atoms with Crippen molar-refractivity contribution in [1.29, 1.82) is 0 Å². The molecule has 212 valence electrons. The van der Waals surface area contributed by atoms with E-state index in [9.17, 15) is 24.6 Å². The Morgan fingerprint density at radius 3 is 2.03 bits per heavy atom. The maximum Gasteiger partial charge on any atom is 0.310 e. The van der Waals surface area contributed by atoms with Gasteiger partial charge >= 0.3 is 17.9 Å². The van der Waals surface area contributed by atoms with Crippen LogP contribution in [0.2, 0.25) is 0 Å². The molecule has 5 fully saturated rings. The van der Waals surface area contributed by atoms with Crippen molar-refractivity contribution >= 4 is 17.9 Å². The predicted octanol–water partition coefficient (Wildman–Crippen LogP) is 6.58. The number of rotatable bonds is 4. The van der Waals surface area contributed by atoms with Gasteiger partial charge in [-0.15, -0.1) is 0 Å². The number of esters is 1. The van der Waals surface area contributed by atoms with Crippen LogP contribution in [0.4, 0.5) is 0 Å². The molecule has 0 aromatic carbocycles. The molecule has 0 aromatic rings. The third-order valence-corrected chi connectivity index (χ3v) is 13.8. The van der Waals surface area contributed by atoms with Crippen molar-refractivity contribution in [2.75, 3.05) is 0 Å². The van der Waals surface area contributed by atoms with E-state index in [2.05, 4.69) is 48.1 Å². The summed E-state index contributed by atoms with van der Waals surface area (Å²) in [5.74, 6) is -1.78. The largest absolute Gasteiger partial charge is 0.481 e. The highest BCUT2D eigenvalue weighted by atomic mass is 16.5. The molecular formula is C32H48O6. The summed E-state index contributed by atoms with van der Waals surface area (Å²) >= 11 is 0. The van der Waals surface area contributed by atoms with Crippen molar-refractivity contribution in [2.45, 2.75) is 106 Å². The smallest absolute Gasteiger partial charge is 0.310 e. The summed E-state index contributed by atoms with van der Waals surface area (Å²) in [5, 5.41) is 21.2. The number of carboxylic acids is 2. The van der Waals surface area contributed by atoms with Crippen molar-refractivity contribution in [3.63, 3.8) is 0 Å². The minimum Gasteiger partial charge on any atom is -0.481 e. The van der Waals surface area contributed by atoms with Gasteiger partial charge < -0.3 is 14.9 Å².